The van der Waals surface area contributed by atoms with Gasteiger partial charge in [-0.15, -0.1) is 0 Å². The number of hydrogen-bond donors (Lipinski definition) is 3. The van der Waals surface area contributed by atoms with Gasteiger partial charge in [0.05, 0.1) is 32.8 Å². The molecule has 0 atom stereocenters. The van der Waals surface area contributed by atoms with Gasteiger partial charge in [0.1, 0.15) is 18.0 Å². The van der Waals surface area contributed by atoms with Gasteiger partial charge in [-0.3, -0.25) is 9.89 Å². The van der Waals surface area contributed by atoms with Gasteiger partial charge in [-0.2, -0.15) is 10.2 Å². The number of carbonyl (C=O) groups excluding carboxylic acids is 1. The summed E-state index contributed by atoms with van der Waals surface area (Å²) in [4.78, 5) is 28.8. The van der Waals surface area contributed by atoms with Gasteiger partial charge in [-0.05, 0) is 30.7 Å². The lowest BCUT2D eigenvalue weighted by Crippen LogP contribution is -2.46. The minimum atomic E-state index is -0.420. The standard InChI is InChI=1S/C28H33FN8O4/c1-39-24-16-22-23(17-25(24)41-12-4-7-36-8-10-37(40-2)11-9-36)30-18-31-28(22)33-26-14-21(34-35-26)15-27(38)32-20-6-3-5-19(29)13-20/h3,5-6,13-14,16-18H,4,7-12,15H2,1-2H3,(H,32,38)(H2,30,31,33,34,35). The molecule has 41 heavy (non-hydrogen) atoms. The van der Waals surface area contributed by atoms with Crippen LogP contribution >= 0.6 is 0 Å². The number of aromatic nitrogens is 4. The van der Waals surface area contributed by atoms with E-state index in [0.717, 1.165) is 44.5 Å². The molecular weight excluding hydrogens is 531 g/mol. The fourth-order valence-corrected chi connectivity index (χ4v) is 4.62. The molecule has 3 N–H and O–H groups in total. The minimum absolute atomic E-state index is 0.0353. The Morgan fingerprint density at radius 2 is 1.93 bits per heavy atom. The predicted octanol–water partition coefficient (Wildman–Crippen LogP) is 3.37. The topological polar surface area (TPSA) is 130 Å². The number of carbonyl (C=O) groups is 1. The smallest absolute Gasteiger partial charge is 0.230 e. The normalized spacial score (nSPS) is 14.2. The van der Waals surface area contributed by atoms with Gasteiger partial charge >= 0.3 is 0 Å². The van der Waals surface area contributed by atoms with E-state index < -0.39 is 5.82 Å². The van der Waals surface area contributed by atoms with Crippen LogP contribution < -0.4 is 20.1 Å². The Balaban J connectivity index is 1.19. The van der Waals surface area contributed by atoms with Crippen molar-refractivity contribution in [3.05, 3.63) is 60.3 Å². The fourth-order valence-electron chi connectivity index (χ4n) is 4.62. The van der Waals surface area contributed by atoms with Crippen molar-refractivity contribution in [1.82, 2.24) is 30.1 Å². The first-order valence-corrected chi connectivity index (χ1v) is 13.3. The summed E-state index contributed by atoms with van der Waals surface area (Å²) in [6.07, 6.45) is 2.38. The van der Waals surface area contributed by atoms with Crippen LogP contribution in [-0.2, 0) is 16.1 Å². The Hall–Kier alpha value is -4.33. The number of halogens is 1. The molecule has 1 aliphatic heterocycles. The van der Waals surface area contributed by atoms with E-state index in [4.69, 9.17) is 14.3 Å². The van der Waals surface area contributed by atoms with E-state index in [0.29, 0.717) is 46.6 Å². The second-order valence-corrected chi connectivity index (χ2v) is 9.54. The number of methoxy groups -OCH3 is 1. The van der Waals surface area contributed by atoms with Crippen molar-refractivity contribution < 1.29 is 23.5 Å². The van der Waals surface area contributed by atoms with E-state index >= 15 is 0 Å². The number of fused-ring (bicyclic) bond motifs is 1. The number of benzene rings is 2. The molecule has 0 unspecified atom stereocenters. The largest absolute Gasteiger partial charge is 0.493 e. The lowest BCUT2D eigenvalue weighted by Gasteiger charge is -2.32. The Kier molecular flexibility index (Phi) is 9.19. The van der Waals surface area contributed by atoms with Crippen LogP contribution in [0.15, 0.2) is 48.8 Å². The molecule has 0 aliphatic carbocycles. The summed E-state index contributed by atoms with van der Waals surface area (Å²) >= 11 is 0. The Labute approximate surface area is 236 Å². The first kappa shape index (κ1) is 28.2. The number of anilines is 3. The lowest BCUT2D eigenvalue weighted by atomic mass is 10.2. The van der Waals surface area contributed by atoms with Gasteiger partial charge in [-0.25, -0.2) is 14.4 Å². The second-order valence-electron chi connectivity index (χ2n) is 9.54. The number of hydroxylamine groups is 2. The van der Waals surface area contributed by atoms with Gasteiger partial charge in [0, 0.05) is 61.6 Å². The van der Waals surface area contributed by atoms with Gasteiger partial charge in [0.15, 0.2) is 17.3 Å². The zero-order valence-electron chi connectivity index (χ0n) is 23.0. The molecule has 0 bridgehead atoms. The van der Waals surface area contributed by atoms with Crippen LogP contribution in [0.1, 0.15) is 12.1 Å². The van der Waals surface area contributed by atoms with Crippen LogP contribution in [0.3, 0.4) is 0 Å². The number of aromatic amines is 1. The van der Waals surface area contributed by atoms with Crippen molar-refractivity contribution >= 4 is 34.1 Å². The van der Waals surface area contributed by atoms with Crippen LogP contribution in [0, 0.1) is 5.82 Å². The van der Waals surface area contributed by atoms with Crippen LogP contribution in [0.2, 0.25) is 0 Å². The number of rotatable bonds is 12. The molecule has 13 heteroatoms. The summed E-state index contributed by atoms with van der Waals surface area (Å²) in [5.41, 5.74) is 1.64. The molecular formula is C28H33FN8O4. The van der Waals surface area contributed by atoms with Crippen LogP contribution in [0.4, 0.5) is 21.7 Å². The second kappa shape index (κ2) is 13.4. The van der Waals surface area contributed by atoms with Crippen LogP contribution in [0.25, 0.3) is 10.9 Å². The average Bonchev–Trinajstić information content (AvgIpc) is 3.41. The van der Waals surface area contributed by atoms with Gasteiger partial charge < -0.3 is 29.8 Å². The van der Waals surface area contributed by atoms with Crippen molar-refractivity contribution in [1.29, 1.82) is 0 Å². The van der Waals surface area contributed by atoms with Crippen molar-refractivity contribution in [2.24, 2.45) is 0 Å². The Morgan fingerprint density at radius 1 is 1.07 bits per heavy atom. The molecule has 4 aromatic rings. The van der Waals surface area contributed by atoms with E-state index in [2.05, 4.69) is 35.7 Å². The van der Waals surface area contributed by atoms with Crippen LogP contribution in [-0.4, -0.2) is 89.6 Å². The maximum atomic E-state index is 13.4. The number of piperazine rings is 1. The average molecular weight is 565 g/mol. The van der Waals surface area contributed by atoms with Crippen molar-refractivity contribution in [3.63, 3.8) is 0 Å². The molecule has 0 radical (unpaired) electrons. The number of nitrogens with one attached hydrogen (secondary N) is 3. The summed E-state index contributed by atoms with van der Waals surface area (Å²) in [7, 11) is 3.30. The van der Waals surface area contributed by atoms with E-state index in [1.54, 1.807) is 26.4 Å². The number of amides is 1. The van der Waals surface area contributed by atoms with Gasteiger partial charge in [0.25, 0.3) is 0 Å². The maximum absolute atomic E-state index is 13.4. The fraction of sp³-hybridized carbons (Fsp3) is 0.357. The molecule has 2 aromatic heterocycles. The highest BCUT2D eigenvalue weighted by atomic mass is 19.1. The molecule has 12 nitrogen and oxygen atoms in total. The minimum Gasteiger partial charge on any atom is -0.493 e. The van der Waals surface area contributed by atoms with E-state index in [1.807, 2.05) is 17.2 Å². The molecule has 2 aromatic carbocycles. The third kappa shape index (κ3) is 7.45. The maximum Gasteiger partial charge on any atom is 0.230 e. The SMILES string of the molecule is COc1cc2c(Nc3cc(CC(=O)Nc4cccc(F)c4)[nH]n3)ncnc2cc1OCCCN1CCN(OC)CC1. The molecule has 0 spiro atoms. The number of nitrogens with zero attached hydrogens (tertiary/aromatic N) is 5. The number of ether oxygens (including phenoxy) is 2. The zero-order chi connectivity index (χ0) is 28.6. The highest BCUT2D eigenvalue weighted by Gasteiger charge is 2.17. The molecule has 216 valence electrons. The molecule has 1 fully saturated rings. The highest BCUT2D eigenvalue weighted by Crippen LogP contribution is 2.34. The summed E-state index contributed by atoms with van der Waals surface area (Å²) in [6, 6.07) is 11.1. The van der Waals surface area contributed by atoms with Gasteiger partial charge in [0.2, 0.25) is 5.91 Å². The van der Waals surface area contributed by atoms with E-state index in [9.17, 15) is 9.18 Å². The third-order valence-electron chi connectivity index (χ3n) is 6.72. The number of H-pyrrole nitrogens is 1. The Bertz CT molecular complexity index is 1470. The molecule has 3 heterocycles. The third-order valence-corrected chi connectivity index (χ3v) is 6.72. The quantitative estimate of drug-likeness (QED) is 0.220. The van der Waals surface area contributed by atoms with Gasteiger partial charge in [-0.1, -0.05) is 6.07 Å². The van der Waals surface area contributed by atoms with Crippen molar-refractivity contribution in [2.45, 2.75) is 12.8 Å². The molecule has 1 saturated heterocycles. The van der Waals surface area contributed by atoms with Crippen molar-refractivity contribution in [3.8, 4) is 11.5 Å². The summed E-state index contributed by atoms with van der Waals surface area (Å²) in [5.74, 6) is 1.46. The summed E-state index contributed by atoms with van der Waals surface area (Å²) in [6.45, 7) is 5.24. The van der Waals surface area contributed by atoms with Crippen molar-refractivity contribution in [2.75, 3.05) is 64.2 Å². The number of hydrogen-bond acceptors (Lipinski definition) is 10. The molecule has 0 saturated carbocycles. The zero-order valence-corrected chi connectivity index (χ0v) is 23.0. The Morgan fingerprint density at radius 3 is 2.71 bits per heavy atom. The summed E-state index contributed by atoms with van der Waals surface area (Å²) in [5, 5.41) is 15.6. The van der Waals surface area contributed by atoms with E-state index in [1.165, 1.54) is 24.5 Å². The first-order chi connectivity index (χ1) is 20.0. The first-order valence-electron chi connectivity index (χ1n) is 13.3. The van der Waals surface area contributed by atoms with Crippen LogP contribution in [0.5, 0.6) is 11.5 Å². The molecule has 1 aliphatic rings. The molecule has 1 amide bonds. The highest BCUT2D eigenvalue weighted by molar-refractivity contribution is 5.93. The monoisotopic (exact) mass is 564 g/mol. The van der Waals surface area contributed by atoms with E-state index in [-0.39, 0.29) is 12.3 Å². The lowest BCUT2D eigenvalue weighted by molar-refractivity contribution is -0.151. The molecule has 5 rings (SSSR count). The predicted molar refractivity (Wildman–Crippen MR) is 152 cm³/mol. The summed E-state index contributed by atoms with van der Waals surface area (Å²) < 4.78 is 25.1.